The third-order valence-corrected chi connectivity index (χ3v) is 3.94. The molecule has 0 bridgehead atoms. The van der Waals surface area contributed by atoms with Gasteiger partial charge in [0.05, 0.1) is 23.9 Å². The van der Waals surface area contributed by atoms with E-state index in [1.54, 1.807) is 14.1 Å². The van der Waals surface area contributed by atoms with E-state index in [9.17, 15) is 27.5 Å². The number of aliphatic hydroxyl groups excluding tert-OH is 1. The zero-order valence-electron chi connectivity index (χ0n) is 15.3. The molecule has 1 heterocycles. The molecule has 4 N–H and O–H groups in total. The van der Waals surface area contributed by atoms with Gasteiger partial charge in [-0.25, -0.2) is 4.39 Å². The number of benzene rings is 1. The summed E-state index contributed by atoms with van der Waals surface area (Å²) in [6, 6.07) is 1.26. The van der Waals surface area contributed by atoms with Crippen molar-refractivity contribution in [2.45, 2.75) is 19.1 Å². The highest BCUT2D eigenvalue weighted by atomic mass is 19.4. The highest BCUT2D eigenvalue weighted by Gasteiger charge is 2.31. The molecule has 28 heavy (non-hydrogen) atoms. The summed E-state index contributed by atoms with van der Waals surface area (Å²) in [5.41, 5.74) is -2.55. The lowest BCUT2D eigenvalue weighted by Gasteiger charge is -2.20. The summed E-state index contributed by atoms with van der Waals surface area (Å²) in [5, 5.41) is 19.7. The Hall–Kier alpha value is -2.95. The maximum absolute atomic E-state index is 14.2. The molecule has 1 aromatic heterocycles. The lowest BCUT2D eigenvalue weighted by molar-refractivity contribution is -0.137. The minimum absolute atomic E-state index is 0.0806. The number of anilines is 2. The van der Waals surface area contributed by atoms with E-state index in [0.29, 0.717) is 6.07 Å². The Morgan fingerprint density at radius 3 is 2.54 bits per heavy atom. The second-order valence-corrected chi connectivity index (χ2v) is 6.24. The van der Waals surface area contributed by atoms with Crippen LogP contribution in [0.4, 0.5) is 29.3 Å². The summed E-state index contributed by atoms with van der Waals surface area (Å²) in [6.45, 7) is 0.736. The number of aromatic nitrogens is 2. The van der Waals surface area contributed by atoms with Gasteiger partial charge in [-0.3, -0.25) is 9.78 Å². The second-order valence-electron chi connectivity index (χ2n) is 6.24. The maximum atomic E-state index is 14.2. The third-order valence-electron chi connectivity index (χ3n) is 3.94. The molecule has 0 aliphatic rings. The second kappa shape index (κ2) is 7.97. The molecule has 0 radical (unpaired) electrons. The van der Waals surface area contributed by atoms with Crippen LogP contribution in [-0.4, -0.2) is 41.5 Å². The number of aromatic amines is 1. The predicted molar refractivity (Wildman–Crippen MR) is 96.5 cm³/mol. The molecule has 7 nitrogen and oxygen atoms in total. The summed E-state index contributed by atoms with van der Waals surface area (Å²) in [6.07, 6.45) is -4.67. The van der Waals surface area contributed by atoms with E-state index in [0.717, 1.165) is 12.1 Å². The van der Waals surface area contributed by atoms with Crippen LogP contribution in [0.3, 0.4) is 0 Å². The van der Waals surface area contributed by atoms with Crippen LogP contribution in [0.25, 0.3) is 0 Å². The summed E-state index contributed by atoms with van der Waals surface area (Å²) < 4.78 is 52.4. The van der Waals surface area contributed by atoms with E-state index in [2.05, 4.69) is 15.3 Å². The summed E-state index contributed by atoms with van der Waals surface area (Å²) in [4.78, 5) is 20.4. The minimum atomic E-state index is -4.67. The van der Waals surface area contributed by atoms with Crippen LogP contribution in [0.1, 0.15) is 29.7 Å². The van der Waals surface area contributed by atoms with Gasteiger partial charge in [-0.05, 0) is 19.1 Å². The summed E-state index contributed by atoms with van der Waals surface area (Å²) in [7, 11) is 3.22. The Bertz CT molecular complexity index is 940. The van der Waals surface area contributed by atoms with Gasteiger partial charge in [0.2, 0.25) is 5.95 Å². The minimum Gasteiger partial charge on any atom is -0.390 e. The fraction of sp³-hybridized carbons (Fsp3) is 0.353. The molecule has 0 amide bonds. The van der Waals surface area contributed by atoms with Crippen LogP contribution in [0, 0.1) is 11.2 Å². The molecule has 1 aromatic carbocycles. The van der Waals surface area contributed by atoms with Crippen molar-refractivity contribution >= 4 is 17.5 Å². The molecule has 0 aliphatic carbocycles. The van der Waals surface area contributed by atoms with E-state index >= 15 is 0 Å². The number of hydrogen-bond acceptors (Lipinski definition) is 6. The number of halogens is 4. The first kappa shape index (κ1) is 21.4. The summed E-state index contributed by atoms with van der Waals surface area (Å²) >= 11 is 0. The largest absolute Gasteiger partial charge is 0.416 e. The molecule has 0 fully saturated rings. The number of nitrogens with one attached hydrogen (secondary N) is 3. The van der Waals surface area contributed by atoms with Crippen LogP contribution in [0.5, 0.6) is 0 Å². The highest BCUT2D eigenvalue weighted by Crippen LogP contribution is 2.32. The number of hydrogen-bond donors (Lipinski definition) is 4. The highest BCUT2D eigenvalue weighted by molar-refractivity contribution is 6.02. The van der Waals surface area contributed by atoms with Gasteiger partial charge >= 0.3 is 6.18 Å². The molecule has 2 aromatic rings. The van der Waals surface area contributed by atoms with E-state index in [1.165, 1.54) is 11.8 Å². The first-order valence-corrected chi connectivity index (χ1v) is 8.09. The molecule has 0 aliphatic heterocycles. The Kier molecular flexibility index (Phi) is 6.07. The monoisotopic (exact) mass is 401 g/mol. The fourth-order valence-corrected chi connectivity index (χ4v) is 2.47. The zero-order valence-corrected chi connectivity index (χ0v) is 15.3. The van der Waals surface area contributed by atoms with Crippen molar-refractivity contribution in [3.63, 3.8) is 0 Å². The van der Waals surface area contributed by atoms with Crippen molar-refractivity contribution in [2.24, 2.45) is 0 Å². The topological polar surface area (TPSA) is 105 Å². The van der Waals surface area contributed by atoms with Gasteiger partial charge in [-0.1, -0.05) is 6.07 Å². The van der Waals surface area contributed by atoms with E-state index in [4.69, 9.17) is 5.41 Å². The van der Waals surface area contributed by atoms with Crippen molar-refractivity contribution in [1.82, 2.24) is 9.97 Å². The normalized spacial score (nSPS) is 12.6. The van der Waals surface area contributed by atoms with Crippen LogP contribution < -0.4 is 15.8 Å². The average Bonchev–Trinajstić information content (AvgIpc) is 2.59. The summed E-state index contributed by atoms with van der Waals surface area (Å²) in [5.74, 6) is -1.04. The molecule has 1 unspecified atom stereocenters. The van der Waals surface area contributed by atoms with Gasteiger partial charge < -0.3 is 20.7 Å². The molecule has 0 spiro atoms. The van der Waals surface area contributed by atoms with Crippen LogP contribution in [0.15, 0.2) is 23.0 Å². The van der Waals surface area contributed by atoms with Gasteiger partial charge in [0.15, 0.2) is 0 Å². The van der Waals surface area contributed by atoms with Crippen molar-refractivity contribution < 1.29 is 22.7 Å². The van der Waals surface area contributed by atoms with Gasteiger partial charge in [-0.2, -0.15) is 18.2 Å². The average molecular weight is 401 g/mol. The van der Waals surface area contributed by atoms with Crippen LogP contribution in [-0.2, 0) is 6.18 Å². The smallest absolute Gasteiger partial charge is 0.390 e. The SMILES string of the molecule is CC(Nc1nc(N(C)C)[nH]c(=O)c1C(=N)CO)c1ccc(C(F)(F)F)cc1F. The van der Waals surface area contributed by atoms with Gasteiger partial charge in [0, 0.05) is 19.7 Å². The molecule has 0 saturated heterocycles. The Morgan fingerprint density at radius 1 is 1.39 bits per heavy atom. The van der Waals surface area contributed by atoms with Gasteiger partial charge in [-0.15, -0.1) is 0 Å². The van der Waals surface area contributed by atoms with Crippen LogP contribution in [0.2, 0.25) is 0 Å². The predicted octanol–water partition coefficient (Wildman–Crippen LogP) is 2.53. The van der Waals surface area contributed by atoms with E-state index in [-0.39, 0.29) is 22.9 Å². The van der Waals surface area contributed by atoms with Gasteiger partial charge in [0.25, 0.3) is 5.56 Å². The maximum Gasteiger partial charge on any atom is 0.416 e. The van der Waals surface area contributed by atoms with Gasteiger partial charge in [0.1, 0.15) is 17.2 Å². The quantitative estimate of drug-likeness (QED) is 0.440. The number of alkyl halides is 3. The lowest BCUT2D eigenvalue weighted by Crippen LogP contribution is -2.28. The first-order valence-electron chi connectivity index (χ1n) is 8.09. The fourth-order valence-electron chi connectivity index (χ4n) is 2.47. The first-order chi connectivity index (χ1) is 13.0. The van der Waals surface area contributed by atoms with Crippen molar-refractivity contribution in [3.05, 3.63) is 51.1 Å². The number of H-pyrrole nitrogens is 1. The van der Waals surface area contributed by atoms with E-state index in [1.807, 2.05) is 0 Å². The molecular weight excluding hydrogens is 382 g/mol. The Balaban J connectivity index is 2.46. The molecule has 1 atom stereocenters. The van der Waals surface area contributed by atoms with Crippen molar-refractivity contribution in [3.8, 4) is 0 Å². The molecule has 2 rings (SSSR count). The molecule has 152 valence electrons. The van der Waals surface area contributed by atoms with Crippen molar-refractivity contribution in [2.75, 3.05) is 30.9 Å². The molecule has 11 heteroatoms. The number of nitrogens with zero attached hydrogens (tertiary/aromatic N) is 2. The lowest BCUT2D eigenvalue weighted by atomic mass is 10.0. The molecule has 0 saturated carbocycles. The number of rotatable bonds is 6. The third kappa shape index (κ3) is 4.47. The Morgan fingerprint density at radius 2 is 2.04 bits per heavy atom. The number of aliphatic hydroxyl groups is 1. The van der Waals surface area contributed by atoms with E-state index < -0.39 is 41.5 Å². The molecular formula is C17H19F4N5O2. The Labute approximate surface area is 157 Å². The zero-order chi connectivity index (χ0) is 21.2. The van der Waals surface area contributed by atoms with Crippen LogP contribution >= 0.6 is 0 Å². The standard InChI is InChI=1S/C17H19F4N5O2/c1-8(10-5-4-9(6-11(10)18)17(19,20)21)23-14-13(12(22)7-27)15(28)25-16(24-14)26(2)3/h4-6,8,22,27H,7H2,1-3H3,(H2,23,24,25,28). The van der Waals surface area contributed by atoms with Crippen molar-refractivity contribution in [1.29, 1.82) is 5.41 Å².